The summed E-state index contributed by atoms with van der Waals surface area (Å²) >= 11 is 0. The highest BCUT2D eigenvalue weighted by Gasteiger charge is 2.52. The predicted octanol–water partition coefficient (Wildman–Crippen LogP) is 4.34. The summed E-state index contributed by atoms with van der Waals surface area (Å²) in [5, 5.41) is 23.1. The first kappa shape index (κ1) is 20.0. The van der Waals surface area contributed by atoms with Crippen LogP contribution in [-0.2, 0) is 0 Å². The van der Waals surface area contributed by atoms with Crippen molar-refractivity contribution >= 4 is 11.6 Å². The number of aliphatic hydroxyl groups is 1. The Morgan fingerprint density at radius 3 is 2.66 bits per heavy atom. The molecule has 2 fully saturated rings. The van der Waals surface area contributed by atoms with Gasteiger partial charge in [-0.1, -0.05) is 49.6 Å². The van der Waals surface area contributed by atoms with E-state index < -0.39 is 6.04 Å². The van der Waals surface area contributed by atoms with Crippen LogP contribution in [0.3, 0.4) is 0 Å². The van der Waals surface area contributed by atoms with Crippen molar-refractivity contribution in [2.45, 2.75) is 81.8 Å². The van der Waals surface area contributed by atoms with E-state index in [4.69, 9.17) is 0 Å². The molecular formula is C24H31N3O2. The molecule has 5 nitrogen and oxygen atoms in total. The van der Waals surface area contributed by atoms with E-state index in [-0.39, 0.29) is 30.6 Å². The second kappa shape index (κ2) is 9.00. The minimum absolute atomic E-state index is 0.131. The van der Waals surface area contributed by atoms with E-state index in [0.29, 0.717) is 0 Å². The van der Waals surface area contributed by atoms with Gasteiger partial charge < -0.3 is 15.3 Å². The van der Waals surface area contributed by atoms with Gasteiger partial charge in [-0.3, -0.25) is 0 Å². The standard InChI is InChI=1S/C24H31N3O2/c25-15-21-23(20-14-8-7-13-19(20)17-9-3-1-4-10-17)22(16-28)27(21)24(29)26-18-11-5-2-6-12-18/h7-9,13-14,18,21-23,28H,1-6,10-12,16H2,(H,26,29)/t21-,22-,23-/m0/s1. The number of carbonyl (C=O) groups is 1. The number of rotatable bonds is 4. The summed E-state index contributed by atoms with van der Waals surface area (Å²) in [6.45, 7) is -0.131. The lowest BCUT2D eigenvalue weighted by Gasteiger charge is -2.52. The van der Waals surface area contributed by atoms with Crippen LogP contribution in [0.4, 0.5) is 4.79 Å². The number of nitrogens with one attached hydrogen (secondary N) is 1. The van der Waals surface area contributed by atoms with Gasteiger partial charge in [-0.15, -0.1) is 0 Å². The number of urea groups is 1. The fraction of sp³-hybridized carbons (Fsp3) is 0.583. The van der Waals surface area contributed by atoms with Crippen molar-refractivity contribution in [3.05, 3.63) is 41.5 Å². The maximum atomic E-state index is 12.9. The molecule has 1 aliphatic heterocycles. The number of amides is 2. The van der Waals surface area contributed by atoms with Crippen LogP contribution in [0.2, 0.25) is 0 Å². The first-order chi connectivity index (χ1) is 14.2. The molecule has 1 aromatic carbocycles. The molecule has 1 aromatic rings. The number of nitrogens with zero attached hydrogens (tertiary/aromatic N) is 2. The highest BCUT2D eigenvalue weighted by molar-refractivity contribution is 5.78. The number of aliphatic hydroxyl groups excluding tert-OH is 1. The van der Waals surface area contributed by atoms with Crippen molar-refractivity contribution in [2.24, 2.45) is 0 Å². The molecule has 1 saturated carbocycles. The largest absolute Gasteiger partial charge is 0.394 e. The van der Waals surface area contributed by atoms with Crippen LogP contribution in [0.15, 0.2) is 30.3 Å². The molecule has 1 heterocycles. The molecule has 0 spiro atoms. The summed E-state index contributed by atoms with van der Waals surface area (Å²) in [4.78, 5) is 14.5. The normalized spacial score (nSPS) is 27.5. The molecule has 4 rings (SSSR count). The average Bonchev–Trinajstić information content (AvgIpc) is 2.75. The maximum absolute atomic E-state index is 12.9. The third kappa shape index (κ3) is 3.91. The van der Waals surface area contributed by atoms with Crippen LogP contribution in [0.5, 0.6) is 0 Å². The van der Waals surface area contributed by atoms with Crippen molar-refractivity contribution in [1.29, 1.82) is 5.26 Å². The fourth-order valence-corrected chi connectivity index (χ4v) is 5.32. The minimum Gasteiger partial charge on any atom is -0.394 e. The van der Waals surface area contributed by atoms with Crippen LogP contribution in [0.1, 0.15) is 74.8 Å². The van der Waals surface area contributed by atoms with Gasteiger partial charge in [0.15, 0.2) is 0 Å². The van der Waals surface area contributed by atoms with E-state index in [2.05, 4.69) is 29.6 Å². The zero-order valence-electron chi connectivity index (χ0n) is 17.0. The molecule has 29 heavy (non-hydrogen) atoms. The zero-order chi connectivity index (χ0) is 20.2. The molecule has 2 amide bonds. The van der Waals surface area contributed by atoms with Gasteiger partial charge in [-0.05, 0) is 55.2 Å². The van der Waals surface area contributed by atoms with Gasteiger partial charge in [0, 0.05) is 12.0 Å². The monoisotopic (exact) mass is 393 g/mol. The topological polar surface area (TPSA) is 76.4 Å². The quantitative estimate of drug-likeness (QED) is 0.799. The number of nitriles is 1. The third-order valence-corrected chi connectivity index (χ3v) is 6.86. The molecule has 154 valence electrons. The van der Waals surface area contributed by atoms with E-state index in [1.165, 1.54) is 30.4 Å². The molecule has 0 aromatic heterocycles. The van der Waals surface area contributed by atoms with Gasteiger partial charge in [0.25, 0.3) is 0 Å². The number of benzene rings is 1. The Hall–Kier alpha value is -2.32. The lowest BCUT2D eigenvalue weighted by atomic mass is 9.73. The highest BCUT2D eigenvalue weighted by Crippen LogP contribution is 2.44. The number of hydrogen-bond donors (Lipinski definition) is 2. The first-order valence-corrected chi connectivity index (χ1v) is 11.1. The molecule has 1 saturated heterocycles. The maximum Gasteiger partial charge on any atom is 0.319 e. The second-order valence-corrected chi connectivity index (χ2v) is 8.60. The van der Waals surface area contributed by atoms with E-state index in [1.807, 2.05) is 12.1 Å². The van der Waals surface area contributed by atoms with Gasteiger partial charge >= 0.3 is 6.03 Å². The first-order valence-electron chi connectivity index (χ1n) is 11.1. The molecule has 0 radical (unpaired) electrons. The number of allylic oxidation sites excluding steroid dienone is 2. The lowest BCUT2D eigenvalue weighted by Crippen LogP contribution is -2.68. The van der Waals surface area contributed by atoms with E-state index in [0.717, 1.165) is 44.1 Å². The molecule has 2 aliphatic carbocycles. The molecule has 3 aliphatic rings. The summed E-state index contributed by atoms with van der Waals surface area (Å²) in [5.41, 5.74) is 3.61. The van der Waals surface area contributed by atoms with Crippen LogP contribution in [0.25, 0.3) is 5.57 Å². The highest BCUT2D eigenvalue weighted by atomic mass is 16.3. The van der Waals surface area contributed by atoms with Crippen LogP contribution < -0.4 is 5.32 Å². The lowest BCUT2D eigenvalue weighted by molar-refractivity contribution is 0.0152. The molecule has 0 bridgehead atoms. The van der Waals surface area contributed by atoms with Crippen molar-refractivity contribution < 1.29 is 9.90 Å². The molecule has 5 heteroatoms. The minimum atomic E-state index is -0.541. The molecule has 3 atom stereocenters. The zero-order valence-corrected chi connectivity index (χ0v) is 17.0. The van der Waals surface area contributed by atoms with Crippen LogP contribution >= 0.6 is 0 Å². The van der Waals surface area contributed by atoms with Gasteiger partial charge in [0.1, 0.15) is 6.04 Å². The van der Waals surface area contributed by atoms with Crippen molar-refractivity contribution in [2.75, 3.05) is 6.61 Å². The van der Waals surface area contributed by atoms with E-state index >= 15 is 0 Å². The Bertz CT molecular complexity index is 807. The second-order valence-electron chi connectivity index (χ2n) is 8.60. The fourth-order valence-electron chi connectivity index (χ4n) is 5.32. The Balaban J connectivity index is 1.57. The van der Waals surface area contributed by atoms with E-state index in [9.17, 15) is 15.2 Å². The summed E-state index contributed by atoms with van der Waals surface area (Å²) in [6, 6.07) is 9.67. The van der Waals surface area contributed by atoms with Gasteiger partial charge in [-0.25, -0.2) is 4.79 Å². The van der Waals surface area contributed by atoms with Crippen molar-refractivity contribution in [1.82, 2.24) is 10.2 Å². The predicted molar refractivity (Wildman–Crippen MR) is 113 cm³/mol. The summed E-state index contributed by atoms with van der Waals surface area (Å²) in [5.74, 6) is -0.152. The summed E-state index contributed by atoms with van der Waals surface area (Å²) in [7, 11) is 0. The van der Waals surface area contributed by atoms with Crippen molar-refractivity contribution in [3.63, 3.8) is 0 Å². The number of hydrogen-bond acceptors (Lipinski definition) is 3. The Morgan fingerprint density at radius 2 is 1.97 bits per heavy atom. The summed E-state index contributed by atoms with van der Waals surface area (Å²) in [6.07, 6.45) is 12.4. The van der Waals surface area contributed by atoms with Gasteiger partial charge in [-0.2, -0.15) is 5.26 Å². The smallest absolute Gasteiger partial charge is 0.319 e. The molecule has 0 unspecified atom stereocenters. The van der Waals surface area contributed by atoms with Gasteiger partial charge in [0.2, 0.25) is 0 Å². The summed E-state index contributed by atoms with van der Waals surface area (Å²) < 4.78 is 0. The van der Waals surface area contributed by atoms with Gasteiger partial charge in [0.05, 0.1) is 18.7 Å². The Labute approximate surface area is 173 Å². The van der Waals surface area contributed by atoms with Crippen LogP contribution in [-0.4, -0.2) is 40.8 Å². The molecule has 2 N–H and O–H groups in total. The molecular weight excluding hydrogens is 362 g/mol. The number of likely N-dealkylation sites (tertiary alicyclic amines) is 1. The Morgan fingerprint density at radius 1 is 1.17 bits per heavy atom. The third-order valence-electron chi connectivity index (χ3n) is 6.86. The Kier molecular flexibility index (Phi) is 6.20. The number of carbonyl (C=O) groups excluding carboxylic acids is 1. The van der Waals surface area contributed by atoms with Crippen LogP contribution in [0, 0.1) is 11.3 Å². The SMILES string of the molecule is N#C[C@H]1[C@H](c2ccccc2C2=CCCCC2)[C@H](CO)N1C(=O)NC1CCCCC1. The average molecular weight is 394 g/mol. The van der Waals surface area contributed by atoms with E-state index in [1.54, 1.807) is 4.90 Å². The van der Waals surface area contributed by atoms with Crippen molar-refractivity contribution in [3.8, 4) is 6.07 Å².